The summed E-state index contributed by atoms with van der Waals surface area (Å²) in [6.45, 7) is 5.32. The fourth-order valence-electron chi connectivity index (χ4n) is 3.48. The number of carbonyl (C=O) groups excluding carboxylic acids is 1. The Kier molecular flexibility index (Phi) is 6.72. The Morgan fingerprint density at radius 1 is 1.00 bits per heavy atom. The first-order valence-corrected chi connectivity index (χ1v) is 11.2. The molecule has 1 aliphatic rings. The molecule has 1 N–H and O–H groups in total. The summed E-state index contributed by atoms with van der Waals surface area (Å²) in [5.41, 5.74) is 4.96. The van der Waals surface area contributed by atoms with Gasteiger partial charge in [-0.15, -0.1) is 11.8 Å². The molecule has 4 nitrogen and oxygen atoms in total. The number of hydrogen-bond acceptors (Lipinski definition) is 4. The van der Waals surface area contributed by atoms with Crippen molar-refractivity contribution >= 4 is 29.0 Å². The Labute approximate surface area is 182 Å². The lowest BCUT2D eigenvalue weighted by Crippen LogP contribution is -2.36. The van der Waals surface area contributed by atoms with Crippen molar-refractivity contribution in [1.29, 1.82) is 0 Å². The molecule has 0 saturated carbocycles. The molecule has 1 fully saturated rings. The van der Waals surface area contributed by atoms with E-state index in [1.807, 2.05) is 55.1 Å². The summed E-state index contributed by atoms with van der Waals surface area (Å²) in [5, 5.41) is 3.05. The zero-order valence-electron chi connectivity index (χ0n) is 17.1. The van der Waals surface area contributed by atoms with Gasteiger partial charge in [-0.25, -0.2) is 0 Å². The summed E-state index contributed by atoms with van der Waals surface area (Å²) in [5.74, 6) is 0.820. The number of benzene rings is 3. The van der Waals surface area contributed by atoms with Crippen molar-refractivity contribution in [3.63, 3.8) is 0 Å². The fourth-order valence-corrected chi connectivity index (χ4v) is 4.34. The van der Waals surface area contributed by atoms with Crippen LogP contribution in [0.4, 0.5) is 11.4 Å². The van der Waals surface area contributed by atoms with Crippen LogP contribution in [0.25, 0.3) is 0 Å². The van der Waals surface area contributed by atoms with Gasteiger partial charge in [-0.2, -0.15) is 0 Å². The first-order chi connectivity index (χ1) is 14.7. The Bertz CT molecular complexity index is 984. The molecule has 1 saturated heterocycles. The normalized spacial score (nSPS) is 13.8. The first kappa shape index (κ1) is 20.5. The molecule has 0 atom stereocenters. The topological polar surface area (TPSA) is 41.6 Å². The van der Waals surface area contributed by atoms with Gasteiger partial charge in [-0.1, -0.05) is 30.3 Å². The van der Waals surface area contributed by atoms with E-state index in [0.29, 0.717) is 5.56 Å². The summed E-state index contributed by atoms with van der Waals surface area (Å²) >= 11 is 1.81. The van der Waals surface area contributed by atoms with E-state index in [9.17, 15) is 4.79 Å². The number of carbonyl (C=O) groups is 1. The Morgan fingerprint density at radius 2 is 1.73 bits per heavy atom. The molecule has 4 rings (SSSR count). The van der Waals surface area contributed by atoms with Gasteiger partial charge >= 0.3 is 0 Å². The van der Waals surface area contributed by atoms with Gasteiger partial charge < -0.3 is 15.0 Å². The van der Waals surface area contributed by atoms with E-state index < -0.39 is 0 Å². The highest BCUT2D eigenvalue weighted by Gasteiger charge is 2.13. The maximum absolute atomic E-state index is 12.7. The highest BCUT2D eigenvalue weighted by Crippen LogP contribution is 2.25. The number of anilines is 2. The van der Waals surface area contributed by atoms with E-state index in [0.717, 1.165) is 49.0 Å². The van der Waals surface area contributed by atoms with Gasteiger partial charge in [0.25, 0.3) is 5.91 Å². The van der Waals surface area contributed by atoms with E-state index >= 15 is 0 Å². The highest BCUT2D eigenvalue weighted by atomic mass is 32.2. The molecule has 154 valence electrons. The minimum Gasteiger partial charge on any atom is -0.378 e. The predicted octanol–water partition coefficient (Wildman–Crippen LogP) is 5.38. The average Bonchev–Trinajstić information content (AvgIpc) is 2.80. The maximum Gasteiger partial charge on any atom is 0.255 e. The van der Waals surface area contributed by atoms with Crippen molar-refractivity contribution in [3.8, 4) is 0 Å². The fraction of sp³-hybridized carbons (Fsp3) is 0.240. The molecule has 3 aromatic rings. The molecule has 1 aliphatic heterocycles. The number of amides is 1. The molecule has 5 heteroatoms. The highest BCUT2D eigenvalue weighted by molar-refractivity contribution is 7.98. The quantitative estimate of drug-likeness (QED) is 0.546. The lowest BCUT2D eigenvalue weighted by Gasteiger charge is -2.28. The van der Waals surface area contributed by atoms with Gasteiger partial charge in [0.1, 0.15) is 0 Å². The first-order valence-electron chi connectivity index (χ1n) is 10.2. The van der Waals surface area contributed by atoms with Crippen molar-refractivity contribution in [3.05, 3.63) is 89.5 Å². The van der Waals surface area contributed by atoms with E-state index in [-0.39, 0.29) is 5.91 Å². The lowest BCUT2D eigenvalue weighted by atomic mass is 10.1. The van der Waals surface area contributed by atoms with Crippen LogP contribution < -0.4 is 10.2 Å². The molecule has 0 aromatic heterocycles. The minimum absolute atomic E-state index is 0.0851. The van der Waals surface area contributed by atoms with Crippen LogP contribution in [0.2, 0.25) is 0 Å². The SMILES string of the molecule is Cc1cc(CSc2ccccc2)ccc1NC(=O)c1ccc(N2CCOCC2)cc1. The van der Waals surface area contributed by atoms with Gasteiger partial charge in [-0.3, -0.25) is 4.79 Å². The van der Waals surface area contributed by atoms with Gasteiger partial charge in [0, 0.05) is 40.7 Å². The predicted molar refractivity (Wildman–Crippen MR) is 125 cm³/mol. The molecule has 0 unspecified atom stereocenters. The zero-order chi connectivity index (χ0) is 20.8. The molecular weight excluding hydrogens is 392 g/mol. The molecule has 1 heterocycles. The molecule has 3 aromatic carbocycles. The standard InChI is InChI=1S/C25H26N2O2S/c1-19-17-20(18-30-23-5-3-2-4-6-23)7-12-24(19)26-25(28)21-8-10-22(11-9-21)27-13-15-29-16-14-27/h2-12,17H,13-16,18H2,1H3,(H,26,28). The number of nitrogens with zero attached hydrogens (tertiary/aromatic N) is 1. The number of ether oxygens (including phenoxy) is 1. The monoisotopic (exact) mass is 418 g/mol. The van der Waals surface area contributed by atoms with Gasteiger partial charge in [0.15, 0.2) is 0 Å². The summed E-state index contributed by atoms with van der Waals surface area (Å²) < 4.78 is 5.40. The van der Waals surface area contributed by atoms with Crippen molar-refractivity contribution in [2.24, 2.45) is 0 Å². The number of nitrogens with one attached hydrogen (secondary N) is 1. The molecule has 1 amide bonds. The molecule has 0 spiro atoms. The van der Waals surface area contributed by atoms with E-state index in [1.165, 1.54) is 10.5 Å². The van der Waals surface area contributed by atoms with Gasteiger partial charge in [-0.05, 0) is 60.5 Å². The third-order valence-corrected chi connectivity index (χ3v) is 6.28. The minimum atomic E-state index is -0.0851. The van der Waals surface area contributed by atoms with Crippen LogP contribution in [-0.4, -0.2) is 32.2 Å². The number of aryl methyl sites for hydroxylation is 1. The van der Waals surface area contributed by atoms with Crippen LogP contribution in [0.5, 0.6) is 0 Å². The summed E-state index contributed by atoms with van der Waals surface area (Å²) in [6.07, 6.45) is 0. The van der Waals surface area contributed by atoms with Crippen LogP contribution >= 0.6 is 11.8 Å². The zero-order valence-corrected chi connectivity index (χ0v) is 18.0. The third-order valence-electron chi connectivity index (χ3n) is 5.19. The summed E-state index contributed by atoms with van der Waals surface area (Å²) in [4.78, 5) is 16.2. The largest absolute Gasteiger partial charge is 0.378 e. The van der Waals surface area contributed by atoms with Crippen molar-refractivity contribution in [2.75, 3.05) is 36.5 Å². The summed E-state index contributed by atoms with van der Waals surface area (Å²) in [6, 6.07) is 24.4. The Balaban J connectivity index is 1.36. The molecule has 30 heavy (non-hydrogen) atoms. The smallest absolute Gasteiger partial charge is 0.255 e. The van der Waals surface area contributed by atoms with E-state index in [1.54, 1.807) is 0 Å². The summed E-state index contributed by atoms with van der Waals surface area (Å²) in [7, 11) is 0. The second kappa shape index (κ2) is 9.83. The number of rotatable bonds is 6. The number of thioether (sulfide) groups is 1. The molecule has 0 aliphatic carbocycles. The lowest BCUT2D eigenvalue weighted by molar-refractivity contribution is 0.102. The Hall–Kier alpha value is -2.76. The van der Waals surface area contributed by atoms with Gasteiger partial charge in [0.05, 0.1) is 13.2 Å². The van der Waals surface area contributed by atoms with Crippen molar-refractivity contribution in [2.45, 2.75) is 17.6 Å². The maximum atomic E-state index is 12.7. The van der Waals surface area contributed by atoms with Crippen LogP contribution in [0.3, 0.4) is 0 Å². The Morgan fingerprint density at radius 3 is 2.43 bits per heavy atom. The molecular formula is C25H26N2O2S. The van der Waals surface area contributed by atoms with Crippen LogP contribution in [-0.2, 0) is 10.5 Å². The second-order valence-corrected chi connectivity index (χ2v) is 8.40. The van der Waals surface area contributed by atoms with Crippen LogP contribution in [0.1, 0.15) is 21.5 Å². The van der Waals surface area contributed by atoms with Crippen LogP contribution in [0.15, 0.2) is 77.7 Å². The van der Waals surface area contributed by atoms with Gasteiger partial charge in [0.2, 0.25) is 0 Å². The number of morpholine rings is 1. The van der Waals surface area contributed by atoms with Crippen molar-refractivity contribution in [1.82, 2.24) is 0 Å². The number of hydrogen-bond donors (Lipinski definition) is 1. The molecule has 0 bridgehead atoms. The second-order valence-electron chi connectivity index (χ2n) is 7.35. The van der Waals surface area contributed by atoms with Crippen molar-refractivity contribution < 1.29 is 9.53 Å². The van der Waals surface area contributed by atoms with E-state index in [2.05, 4.69) is 46.6 Å². The third kappa shape index (κ3) is 5.23. The average molecular weight is 419 g/mol. The van der Waals surface area contributed by atoms with E-state index in [4.69, 9.17) is 4.74 Å². The van der Waals surface area contributed by atoms with Crippen LogP contribution in [0, 0.1) is 6.92 Å². The molecule has 0 radical (unpaired) electrons.